The standard InChI is InChI=1S/C20H26N4O7S/c1-3-30-20(27)24-10-8-14(9-11-24)22-17(25)12-31-19(26)13(2)21-18-15-6-4-5-7-16(15)32(28,29)23-18/h4-7,13-14H,3,8-12H2,1-2H3,(H,21,23)(H,22,25)/t13-/m0/s1. The Bertz CT molecular complexity index is 1020. The molecule has 174 valence electrons. The summed E-state index contributed by atoms with van der Waals surface area (Å²) < 4.78 is 36.5. The van der Waals surface area contributed by atoms with Crippen molar-refractivity contribution in [3.05, 3.63) is 29.8 Å². The Morgan fingerprint density at radius 3 is 2.59 bits per heavy atom. The van der Waals surface area contributed by atoms with Crippen LogP contribution in [0.4, 0.5) is 4.79 Å². The molecule has 0 spiro atoms. The lowest BCUT2D eigenvalue weighted by atomic mass is 10.1. The Kier molecular flexibility index (Phi) is 7.33. The number of likely N-dealkylation sites (tertiary alicyclic amines) is 1. The second-order valence-corrected chi connectivity index (χ2v) is 9.04. The first-order valence-electron chi connectivity index (χ1n) is 10.3. The van der Waals surface area contributed by atoms with Gasteiger partial charge < -0.3 is 19.7 Å². The molecule has 2 heterocycles. The topological polar surface area (TPSA) is 143 Å². The van der Waals surface area contributed by atoms with Crippen molar-refractivity contribution >= 4 is 33.8 Å². The fourth-order valence-corrected chi connectivity index (χ4v) is 4.66. The molecule has 1 aromatic carbocycles. The maximum absolute atomic E-state index is 12.2. The number of hydrogen-bond acceptors (Lipinski definition) is 8. The minimum atomic E-state index is -3.71. The van der Waals surface area contributed by atoms with Crippen LogP contribution in [0.3, 0.4) is 0 Å². The summed E-state index contributed by atoms with van der Waals surface area (Å²) in [5, 5.41) is 2.78. The van der Waals surface area contributed by atoms with Crippen molar-refractivity contribution in [3.63, 3.8) is 0 Å². The molecule has 0 unspecified atom stereocenters. The van der Waals surface area contributed by atoms with Gasteiger partial charge in [-0.2, -0.15) is 0 Å². The van der Waals surface area contributed by atoms with Gasteiger partial charge in [0.2, 0.25) is 0 Å². The van der Waals surface area contributed by atoms with Crippen molar-refractivity contribution in [3.8, 4) is 0 Å². The molecule has 1 atom stereocenters. The summed E-state index contributed by atoms with van der Waals surface area (Å²) >= 11 is 0. The van der Waals surface area contributed by atoms with Gasteiger partial charge in [-0.05, 0) is 38.8 Å². The van der Waals surface area contributed by atoms with Crippen LogP contribution in [-0.4, -0.2) is 75.5 Å². The van der Waals surface area contributed by atoms with E-state index in [0.29, 0.717) is 38.1 Å². The van der Waals surface area contributed by atoms with Gasteiger partial charge in [-0.3, -0.25) is 14.5 Å². The van der Waals surface area contributed by atoms with Gasteiger partial charge in [0.05, 0.1) is 11.5 Å². The second kappa shape index (κ2) is 9.98. The van der Waals surface area contributed by atoms with Crippen LogP contribution in [0.15, 0.2) is 34.2 Å². The number of sulfonamides is 1. The van der Waals surface area contributed by atoms with Gasteiger partial charge in [0.25, 0.3) is 15.9 Å². The number of esters is 1. The summed E-state index contributed by atoms with van der Waals surface area (Å²) in [6.45, 7) is 3.96. The van der Waals surface area contributed by atoms with Gasteiger partial charge in [0.15, 0.2) is 6.61 Å². The van der Waals surface area contributed by atoms with Crippen LogP contribution in [0, 0.1) is 0 Å². The normalized spacial score (nSPS) is 19.6. The molecular weight excluding hydrogens is 440 g/mol. The Morgan fingerprint density at radius 1 is 1.22 bits per heavy atom. The number of piperidine rings is 1. The van der Waals surface area contributed by atoms with E-state index in [1.807, 2.05) is 0 Å². The lowest BCUT2D eigenvalue weighted by Crippen LogP contribution is -2.47. The van der Waals surface area contributed by atoms with E-state index < -0.39 is 34.5 Å². The molecule has 1 fully saturated rings. The van der Waals surface area contributed by atoms with E-state index >= 15 is 0 Å². The molecule has 1 saturated heterocycles. The van der Waals surface area contributed by atoms with Gasteiger partial charge >= 0.3 is 12.1 Å². The molecule has 2 N–H and O–H groups in total. The van der Waals surface area contributed by atoms with Gasteiger partial charge in [0, 0.05) is 24.7 Å². The molecule has 1 aromatic rings. The molecule has 2 aliphatic rings. The number of nitrogens with one attached hydrogen (secondary N) is 2. The number of aliphatic imine (C=N–C) groups is 1. The average Bonchev–Trinajstić information content (AvgIpc) is 3.02. The highest BCUT2D eigenvalue weighted by atomic mass is 32.2. The number of rotatable bonds is 6. The first-order chi connectivity index (χ1) is 15.2. The summed E-state index contributed by atoms with van der Waals surface area (Å²) in [6.07, 6.45) is 0.776. The number of amidine groups is 1. The molecule has 3 rings (SSSR count). The predicted octanol–water partition coefficient (Wildman–Crippen LogP) is 0.394. The Balaban J connectivity index is 1.46. The zero-order valence-corrected chi connectivity index (χ0v) is 18.7. The van der Waals surface area contributed by atoms with Crippen molar-refractivity contribution in [1.29, 1.82) is 0 Å². The van der Waals surface area contributed by atoms with Crippen molar-refractivity contribution in [1.82, 2.24) is 14.9 Å². The maximum Gasteiger partial charge on any atom is 0.409 e. The molecule has 0 saturated carbocycles. The third kappa shape index (κ3) is 5.55. The number of carbonyl (C=O) groups is 3. The van der Waals surface area contributed by atoms with Crippen LogP contribution in [-0.2, 0) is 29.1 Å². The monoisotopic (exact) mass is 466 g/mol. The van der Waals surface area contributed by atoms with Crippen molar-refractivity contribution < 1.29 is 32.3 Å². The molecule has 12 heteroatoms. The number of carbonyl (C=O) groups excluding carboxylic acids is 3. The van der Waals surface area contributed by atoms with Crippen LogP contribution in [0.1, 0.15) is 32.3 Å². The van der Waals surface area contributed by atoms with E-state index in [0.717, 1.165) is 0 Å². The maximum atomic E-state index is 12.2. The van der Waals surface area contributed by atoms with Crippen LogP contribution in [0.25, 0.3) is 0 Å². The summed E-state index contributed by atoms with van der Waals surface area (Å²) in [5.74, 6) is -1.16. The highest BCUT2D eigenvalue weighted by Crippen LogP contribution is 2.22. The highest BCUT2D eigenvalue weighted by Gasteiger charge is 2.31. The fraction of sp³-hybridized carbons (Fsp3) is 0.500. The van der Waals surface area contributed by atoms with E-state index in [1.54, 1.807) is 30.0 Å². The zero-order chi connectivity index (χ0) is 23.3. The summed E-state index contributed by atoms with van der Waals surface area (Å²) in [5.41, 5.74) is 0.374. The minimum Gasteiger partial charge on any atom is -0.454 e. The van der Waals surface area contributed by atoms with E-state index in [9.17, 15) is 22.8 Å². The summed E-state index contributed by atoms with van der Waals surface area (Å²) in [7, 11) is -3.71. The summed E-state index contributed by atoms with van der Waals surface area (Å²) in [6, 6.07) is 5.16. The molecule has 0 aromatic heterocycles. The van der Waals surface area contributed by atoms with E-state index in [4.69, 9.17) is 9.47 Å². The quantitative estimate of drug-likeness (QED) is 0.577. The molecule has 11 nitrogen and oxygen atoms in total. The number of fused-ring (bicyclic) bond motifs is 1. The van der Waals surface area contributed by atoms with E-state index in [2.05, 4.69) is 15.0 Å². The van der Waals surface area contributed by atoms with Crippen LogP contribution in [0.2, 0.25) is 0 Å². The van der Waals surface area contributed by atoms with Crippen LogP contribution in [0.5, 0.6) is 0 Å². The van der Waals surface area contributed by atoms with Crippen LogP contribution >= 0.6 is 0 Å². The number of benzene rings is 1. The van der Waals surface area contributed by atoms with Gasteiger partial charge in [-0.25, -0.2) is 18.0 Å². The minimum absolute atomic E-state index is 0.0582. The number of nitrogens with zero attached hydrogens (tertiary/aromatic N) is 2. The van der Waals surface area contributed by atoms with E-state index in [-0.39, 0.29) is 22.9 Å². The molecule has 2 aliphatic heterocycles. The predicted molar refractivity (Wildman–Crippen MR) is 113 cm³/mol. The molecule has 0 aliphatic carbocycles. The SMILES string of the molecule is CCOC(=O)N1CCC(NC(=O)COC(=O)[C@H](C)N=C2NS(=O)(=O)c3ccccc32)CC1. The molecule has 2 amide bonds. The molecule has 32 heavy (non-hydrogen) atoms. The molecular formula is C20H26N4O7S. The largest absolute Gasteiger partial charge is 0.454 e. The number of amides is 2. The van der Waals surface area contributed by atoms with Crippen molar-refractivity contribution in [2.24, 2.45) is 4.99 Å². The Morgan fingerprint density at radius 2 is 1.91 bits per heavy atom. The Labute approximate surface area is 186 Å². The lowest BCUT2D eigenvalue weighted by Gasteiger charge is -2.31. The van der Waals surface area contributed by atoms with Crippen LogP contribution < -0.4 is 10.0 Å². The first-order valence-corrected chi connectivity index (χ1v) is 11.8. The van der Waals surface area contributed by atoms with E-state index in [1.165, 1.54) is 13.0 Å². The summed E-state index contributed by atoms with van der Waals surface area (Å²) in [4.78, 5) is 41.9. The second-order valence-electron chi connectivity index (χ2n) is 7.39. The fourth-order valence-electron chi connectivity index (χ4n) is 3.42. The smallest absolute Gasteiger partial charge is 0.409 e. The van der Waals surface area contributed by atoms with Gasteiger partial charge in [-0.1, -0.05) is 12.1 Å². The van der Waals surface area contributed by atoms with Gasteiger partial charge in [-0.15, -0.1) is 0 Å². The van der Waals surface area contributed by atoms with Crippen molar-refractivity contribution in [2.45, 2.75) is 43.7 Å². The molecule has 0 radical (unpaired) electrons. The lowest BCUT2D eigenvalue weighted by molar-refractivity contribution is -0.149. The zero-order valence-electron chi connectivity index (χ0n) is 17.9. The third-order valence-corrected chi connectivity index (χ3v) is 6.46. The first kappa shape index (κ1) is 23.5. The van der Waals surface area contributed by atoms with Gasteiger partial charge in [0.1, 0.15) is 11.9 Å². The average molecular weight is 467 g/mol. The number of hydrogen-bond donors (Lipinski definition) is 2. The third-order valence-electron chi connectivity index (χ3n) is 5.06. The molecule has 0 bridgehead atoms. The Hall–Kier alpha value is -3.15. The highest BCUT2D eigenvalue weighted by molar-refractivity contribution is 7.90. The van der Waals surface area contributed by atoms with Crippen molar-refractivity contribution in [2.75, 3.05) is 26.3 Å². The number of ether oxygens (including phenoxy) is 2.